The highest BCUT2D eigenvalue weighted by atomic mass is 35.5. The first-order chi connectivity index (χ1) is 17.5. The molecule has 0 amide bonds. The molecule has 36 heavy (non-hydrogen) atoms. The Morgan fingerprint density at radius 3 is 2.39 bits per heavy atom. The third kappa shape index (κ3) is 6.97. The summed E-state index contributed by atoms with van der Waals surface area (Å²) in [5, 5.41) is 5.52. The molecule has 8 heteroatoms. The number of aromatic nitrogens is 2. The molecule has 184 valence electrons. The molecule has 1 heterocycles. The zero-order chi connectivity index (χ0) is 25.3. The van der Waals surface area contributed by atoms with Gasteiger partial charge < -0.3 is 9.47 Å². The molecule has 0 saturated carbocycles. The number of carbonyl (C=O) groups is 1. The molecular formula is C28H23Cl2FN2O3. The maximum absolute atomic E-state index is 12.5. The summed E-state index contributed by atoms with van der Waals surface area (Å²) < 4.78 is 24.7. The van der Waals surface area contributed by atoms with E-state index in [1.807, 2.05) is 42.5 Å². The highest BCUT2D eigenvalue weighted by molar-refractivity contribution is 6.35. The molecule has 0 unspecified atom stereocenters. The lowest BCUT2D eigenvalue weighted by atomic mass is 10.1. The lowest BCUT2D eigenvalue weighted by Gasteiger charge is -2.08. The van der Waals surface area contributed by atoms with Crippen molar-refractivity contribution in [3.8, 4) is 22.8 Å². The minimum Gasteiger partial charge on any atom is -0.493 e. The number of halogens is 3. The Kier molecular flexibility index (Phi) is 8.76. The van der Waals surface area contributed by atoms with Crippen LogP contribution < -0.4 is 9.47 Å². The molecular weight excluding hydrogens is 502 g/mol. The van der Waals surface area contributed by atoms with Gasteiger partial charge in [-0.3, -0.25) is 9.18 Å². The molecule has 5 nitrogen and oxygen atoms in total. The second kappa shape index (κ2) is 12.4. The van der Waals surface area contributed by atoms with Crippen LogP contribution in [0.1, 0.15) is 22.3 Å². The van der Waals surface area contributed by atoms with Crippen LogP contribution in [-0.2, 0) is 6.61 Å². The van der Waals surface area contributed by atoms with E-state index in [0.29, 0.717) is 46.9 Å². The van der Waals surface area contributed by atoms with E-state index in [1.54, 1.807) is 42.6 Å². The summed E-state index contributed by atoms with van der Waals surface area (Å²) in [6.45, 7) is 0.248. The summed E-state index contributed by atoms with van der Waals surface area (Å²) in [6, 6.07) is 21.7. The Morgan fingerprint density at radius 1 is 0.944 bits per heavy atom. The number of benzene rings is 3. The number of rotatable bonds is 10. The van der Waals surface area contributed by atoms with Crippen LogP contribution in [0.4, 0.5) is 4.39 Å². The number of carbonyl (C=O) groups excluding carboxylic acids is 1. The lowest BCUT2D eigenvalue weighted by molar-refractivity contribution is 0.0955. The van der Waals surface area contributed by atoms with Crippen LogP contribution in [0.15, 0.2) is 85.1 Å². The van der Waals surface area contributed by atoms with Crippen molar-refractivity contribution in [3.63, 3.8) is 0 Å². The molecule has 0 aliphatic heterocycles. The van der Waals surface area contributed by atoms with E-state index in [-0.39, 0.29) is 5.91 Å². The van der Waals surface area contributed by atoms with Crippen molar-refractivity contribution in [2.24, 2.45) is 0 Å². The van der Waals surface area contributed by atoms with E-state index in [2.05, 4.69) is 5.10 Å². The summed E-state index contributed by atoms with van der Waals surface area (Å²) in [5.74, 6) is 1.07. The summed E-state index contributed by atoms with van der Waals surface area (Å²) in [6.07, 6.45) is 5.14. The molecule has 0 bridgehead atoms. The Hall–Kier alpha value is -3.61. The van der Waals surface area contributed by atoms with E-state index >= 15 is 0 Å². The first kappa shape index (κ1) is 25.5. The SMILES string of the molecule is O=C(C=Cc1ccc(OCCCF)cc1)n1ccc(-c2ccc(OCc3ccc(Cl)cc3Cl)cc2)n1. The van der Waals surface area contributed by atoms with E-state index in [1.165, 1.54) is 10.8 Å². The minimum atomic E-state index is -0.404. The minimum absolute atomic E-state index is 0.274. The fourth-order valence-corrected chi connectivity index (χ4v) is 3.75. The molecule has 4 aromatic rings. The van der Waals surface area contributed by atoms with Crippen LogP contribution in [-0.4, -0.2) is 29.0 Å². The lowest BCUT2D eigenvalue weighted by Crippen LogP contribution is -2.07. The maximum Gasteiger partial charge on any atom is 0.270 e. The second-order valence-corrected chi connectivity index (χ2v) is 8.67. The normalized spacial score (nSPS) is 11.1. The van der Waals surface area contributed by atoms with Gasteiger partial charge in [0.1, 0.15) is 18.1 Å². The van der Waals surface area contributed by atoms with Crippen molar-refractivity contribution in [2.45, 2.75) is 13.0 Å². The van der Waals surface area contributed by atoms with Crippen molar-refractivity contribution in [1.29, 1.82) is 0 Å². The Bertz CT molecular complexity index is 1340. The number of hydrogen-bond acceptors (Lipinski definition) is 4. The van der Waals surface area contributed by atoms with Crippen LogP contribution in [0.2, 0.25) is 10.0 Å². The Labute approximate surface area is 218 Å². The molecule has 1 aromatic heterocycles. The summed E-state index contributed by atoms with van der Waals surface area (Å²) >= 11 is 12.1. The van der Waals surface area contributed by atoms with Gasteiger partial charge in [-0.05, 0) is 66.2 Å². The molecule has 0 radical (unpaired) electrons. The van der Waals surface area contributed by atoms with Crippen LogP contribution >= 0.6 is 23.2 Å². The molecule has 0 aliphatic carbocycles. The fourth-order valence-electron chi connectivity index (χ4n) is 3.29. The monoisotopic (exact) mass is 524 g/mol. The smallest absolute Gasteiger partial charge is 0.270 e. The van der Waals surface area contributed by atoms with Gasteiger partial charge in [0, 0.05) is 39.9 Å². The Morgan fingerprint density at radius 2 is 1.67 bits per heavy atom. The second-order valence-electron chi connectivity index (χ2n) is 7.83. The highest BCUT2D eigenvalue weighted by Gasteiger charge is 2.08. The number of ether oxygens (including phenoxy) is 2. The molecule has 3 aromatic carbocycles. The maximum atomic E-state index is 12.5. The third-order valence-corrected chi connectivity index (χ3v) is 5.81. The van der Waals surface area contributed by atoms with Crippen LogP contribution in [0.5, 0.6) is 11.5 Å². The zero-order valence-corrected chi connectivity index (χ0v) is 20.8. The van der Waals surface area contributed by atoms with Crippen molar-refractivity contribution in [2.75, 3.05) is 13.3 Å². The first-order valence-corrected chi connectivity index (χ1v) is 12.0. The molecule has 0 saturated heterocycles. The number of alkyl halides is 1. The predicted octanol–water partition coefficient (Wildman–Crippen LogP) is 7.53. The first-order valence-electron chi connectivity index (χ1n) is 11.3. The standard InChI is InChI=1S/C28H23Cl2FN2O3/c29-23-8-5-22(26(30)18-23)19-36-25-11-6-21(7-12-25)27-14-16-33(32-27)28(34)13-4-20-2-9-24(10-3-20)35-17-1-15-31/h2-14,16,18H,1,15,17,19H2. The van der Waals surface area contributed by atoms with Crippen LogP contribution in [0, 0.1) is 0 Å². The Balaban J connectivity index is 1.33. The topological polar surface area (TPSA) is 53.4 Å². The molecule has 0 spiro atoms. The van der Waals surface area contributed by atoms with Gasteiger partial charge >= 0.3 is 0 Å². The summed E-state index contributed by atoms with van der Waals surface area (Å²) in [4.78, 5) is 12.5. The van der Waals surface area contributed by atoms with Gasteiger partial charge in [-0.15, -0.1) is 0 Å². The van der Waals surface area contributed by atoms with E-state index in [0.717, 1.165) is 16.7 Å². The van der Waals surface area contributed by atoms with Gasteiger partial charge in [0.05, 0.1) is 19.0 Å². The van der Waals surface area contributed by atoms with Gasteiger partial charge in [-0.2, -0.15) is 5.10 Å². The van der Waals surface area contributed by atoms with Crippen LogP contribution in [0.25, 0.3) is 17.3 Å². The molecule has 0 fully saturated rings. The van der Waals surface area contributed by atoms with Crippen LogP contribution in [0.3, 0.4) is 0 Å². The van der Waals surface area contributed by atoms with Gasteiger partial charge in [-0.25, -0.2) is 4.68 Å². The number of allylic oxidation sites excluding steroid dienone is 1. The quantitative estimate of drug-likeness (QED) is 0.159. The zero-order valence-electron chi connectivity index (χ0n) is 19.2. The highest BCUT2D eigenvalue weighted by Crippen LogP contribution is 2.25. The van der Waals surface area contributed by atoms with Crippen molar-refractivity contribution < 1.29 is 18.7 Å². The van der Waals surface area contributed by atoms with Gasteiger partial charge in [-0.1, -0.05) is 41.4 Å². The number of nitrogens with zero attached hydrogens (tertiary/aromatic N) is 2. The van der Waals surface area contributed by atoms with E-state index < -0.39 is 6.67 Å². The van der Waals surface area contributed by atoms with Crippen molar-refractivity contribution in [1.82, 2.24) is 9.78 Å². The van der Waals surface area contributed by atoms with Gasteiger partial charge in [0.2, 0.25) is 0 Å². The van der Waals surface area contributed by atoms with E-state index in [4.69, 9.17) is 32.7 Å². The molecule has 0 aliphatic rings. The van der Waals surface area contributed by atoms with Crippen molar-refractivity contribution in [3.05, 3.63) is 106 Å². The number of hydrogen-bond donors (Lipinski definition) is 0. The van der Waals surface area contributed by atoms with E-state index in [9.17, 15) is 9.18 Å². The van der Waals surface area contributed by atoms with Crippen molar-refractivity contribution >= 4 is 35.2 Å². The summed E-state index contributed by atoms with van der Waals surface area (Å²) in [5.41, 5.74) is 3.20. The molecule has 4 rings (SSSR count). The van der Waals surface area contributed by atoms with Gasteiger partial charge in [0.15, 0.2) is 0 Å². The summed E-state index contributed by atoms with van der Waals surface area (Å²) in [7, 11) is 0. The van der Waals surface area contributed by atoms with Gasteiger partial charge in [0.25, 0.3) is 5.91 Å². The predicted molar refractivity (Wildman–Crippen MR) is 141 cm³/mol. The third-order valence-electron chi connectivity index (χ3n) is 5.22. The average Bonchev–Trinajstić information content (AvgIpc) is 3.39. The molecule has 0 N–H and O–H groups in total. The largest absolute Gasteiger partial charge is 0.493 e. The average molecular weight is 525 g/mol. The fraction of sp³-hybridized carbons (Fsp3) is 0.143. The molecule has 0 atom stereocenters.